The summed E-state index contributed by atoms with van der Waals surface area (Å²) in [6, 6.07) is -2.92. The van der Waals surface area contributed by atoms with Crippen molar-refractivity contribution in [2.75, 3.05) is 17.6 Å². The molecule has 1 fully saturated rings. The van der Waals surface area contributed by atoms with Gasteiger partial charge in [-0.2, -0.15) is 8.42 Å². The van der Waals surface area contributed by atoms with E-state index in [2.05, 4.69) is 25.9 Å². The summed E-state index contributed by atoms with van der Waals surface area (Å²) in [5.41, 5.74) is 4.75. The molecule has 0 radical (unpaired) electrons. The second kappa shape index (κ2) is 8.84. The molecular weight excluding hydrogens is 484 g/mol. The smallest absolute Gasteiger partial charge is 0.362 e. The Labute approximate surface area is 188 Å². The van der Waals surface area contributed by atoms with E-state index in [-0.39, 0.29) is 20.9 Å². The summed E-state index contributed by atoms with van der Waals surface area (Å²) in [7, 11) is -5.01. The first-order chi connectivity index (χ1) is 15.4. The molecule has 9 N–H and O–H groups in total. The number of β-lactam (4-membered cyclic amide) rings is 1. The van der Waals surface area contributed by atoms with Crippen LogP contribution in [0.1, 0.15) is 5.69 Å². The number of anilines is 2. The van der Waals surface area contributed by atoms with E-state index in [1.807, 2.05) is 0 Å². The summed E-state index contributed by atoms with van der Waals surface area (Å²) in [6.45, 7) is -0.552. The lowest BCUT2D eigenvalue weighted by Crippen LogP contribution is -2.74. The molecule has 33 heavy (non-hydrogen) atoms. The van der Waals surface area contributed by atoms with E-state index in [4.69, 9.17) is 11.1 Å². The quantitative estimate of drug-likeness (QED) is 0.120. The minimum Gasteiger partial charge on any atom is -0.504 e. The largest absolute Gasteiger partial charge is 0.504 e. The van der Waals surface area contributed by atoms with Crippen LogP contribution in [0.5, 0.6) is 11.5 Å². The molecule has 4 amide bonds. The molecule has 1 saturated heterocycles. The first-order valence-electron chi connectivity index (χ1n) is 8.72. The predicted octanol–water partition coefficient (Wildman–Crippen LogP) is -1.78. The number of carbonyl (C=O) groups excluding carboxylic acids is 3. The van der Waals surface area contributed by atoms with Gasteiger partial charge in [-0.1, -0.05) is 0 Å². The molecule has 1 aliphatic rings. The zero-order chi connectivity index (χ0) is 24.5. The molecule has 2 aromatic heterocycles. The number of hydrogen-bond donors (Lipinski definition) is 8. The highest BCUT2D eigenvalue weighted by molar-refractivity contribution is 7.84. The molecule has 16 nitrogen and oxygen atoms in total. The van der Waals surface area contributed by atoms with Gasteiger partial charge in [-0.3, -0.25) is 24.9 Å². The number of aromatic nitrogens is 2. The van der Waals surface area contributed by atoms with Gasteiger partial charge in [0, 0.05) is 18.0 Å². The van der Waals surface area contributed by atoms with Gasteiger partial charge in [0.2, 0.25) is 0 Å². The van der Waals surface area contributed by atoms with Gasteiger partial charge in [0.15, 0.2) is 16.6 Å². The van der Waals surface area contributed by atoms with Crippen LogP contribution in [0.3, 0.4) is 0 Å². The van der Waals surface area contributed by atoms with Crippen LogP contribution in [-0.2, 0) is 19.9 Å². The SMILES string of the molecule is N=C(C(=O)N[C@@H]1C(=O)N(S(=O)(=O)O)[C@@H]1CNC(=O)Nc1cc(O)c(O)cn1)c1csc(N)n1. The average Bonchev–Trinajstić information content (AvgIpc) is 3.16. The van der Waals surface area contributed by atoms with E-state index >= 15 is 0 Å². The number of amides is 4. The Morgan fingerprint density at radius 3 is 2.58 bits per heavy atom. The topological polar surface area (TPSA) is 261 Å². The molecular formula is C15H16N8O8S2. The Morgan fingerprint density at radius 2 is 2.00 bits per heavy atom. The van der Waals surface area contributed by atoms with E-state index in [9.17, 15) is 37.6 Å². The highest BCUT2D eigenvalue weighted by atomic mass is 32.2. The molecule has 3 heterocycles. The highest BCUT2D eigenvalue weighted by Gasteiger charge is 2.54. The Morgan fingerprint density at radius 1 is 1.30 bits per heavy atom. The van der Waals surface area contributed by atoms with E-state index < -0.39 is 64.0 Å². The average molecular weight is 500 g/mol. The van der Waals surface area contributed by atoms with Gasteiger partial charge in [-0.25, -0.2) is 19.1 Å². The minimum atomic E-state index is -5.01. The first-order valence-corrected chi connectivity index (χ1v) is 11.0. The number of pyridine rings is 1. The van der Waals surface area contributed by atoms with Gasteiger partial charge in [0.05, 0.1) is 12.2 Å². The molecule has 0 saturated carbocycles. The van der Waals surface area contributed by atoms with Crippen molar-refractivity contribution in [3.8, 4) is 11.5 Å². The number of nitrogens with one attached hydrogen (secondary N) is 4. The van der Waals surface area contributed by atoms with Crippen LogP contribution in [-0.4, -0.2) is 79.6 Å². The second-order valence-electron chi connectivity index (χ2n) is 6.47. The van der Waals surface area contributed by atoms with Crippen LogP contribution in [0.2, 0.25) is 0 Å². The summed E-state index contributed by atoms with van der Waals surface area (Å²) < 4.78 is 32.4. The fourth-order valence-corrected chi connectivity index (χ4v) is 4.19. The van der Waals surface area contributed by atoms with Crippen molar-refractivity contribution in [2.24, 2.45) is 0 Å². The van der Waals surface area contributed by atoms with Gasteiger partial charge < -0.3 is 26.6 Å². The molecule has 3 rings (SSSR count). The van der Waals surface area contributed by atoms with Crippen molar-refractivity contribution < 1.29 is 37.6 Å². The van der Waals surface area contributed by atoms with Crippen molar-refractivity contribution in [2.45, 2.75) is 12.1 Å². The third-order valence-corrected chi connectivity index (χ3v) is 5.91. The van der Waals surface area contributed by atoms with Crippen LogP contribution in [0, 0.1) is 5.41 Å². The van der Waals surface area contributed by atoms with Crippen molar-refractivity contribution in [3.63, 3.8) is 0 Å². The Bertz CT molecular complexity index is 1250. The Kier molecular flexibility index (Phi) is 6.33. The maximum atomic E-state index is 12.3. The summed E-state index contributed by atoms with van der Waals surface area (Å²) in [5.74, 6) is -3.50. The van der Waals surface area contributed by atoms with E-state index in [0.717, 1.165) is 23.6 Å². The molecule has 2 aromatic rings. The number of hydrogen-bond acceptors (Lipinski definition) is 12. The second-order valence-corrected chi connectivity index (χ2v) is 8.65. The van der Waals surface area contributed by atoms with Gasteiger partial charge >= 0.3 is 16.3 Å². The Balaban J connectivity index is 1.67. The van der Waals surface area contributed by atoms with Crippen molar-refractivity contribution in [3.05, 3.63) is 23.3 Å². The maximum Gasteiger partial charge on any atom is 0.362 e. The molecule has 0 aromatic carbocycles. The van der Waals surface area contributed by atoms with Crippen molar-refractivity contribution >= 4 is 56.1 Å². The molecule has 0 bridgehead atoms. The van der Waals surface area contributed by atoms with E-state index in [0.29, 0.717) is 0 Å². The summed E-state index contributed by atoms with van der Waals surface area (Å²) in [6.07, 6.45) is 0.867. The molecule has 0 aliphatic carbocycles. The van der Waals surface area contributed by atoms with E-state index in [1.165, 1.54) is 5.38 Å². The van der Waals surface area contributed by atoms with Crippen LogP contribution in [0.15, 0.2) is 17.6 Å². The van der Waals surface area contributed by atoms with Gasteiger partial charge in [-0.15, -0.1) is 11.3 Å². The third-order valence-electron chi connectivity index (χ3n) is 4.28. The zero-order valence-electron chi connectivity index (χ0n) is 16.2. The number of urea groups is 1. The first kappa shape index (κ1) is 23.6. The number of rotatable bonds is 7. The zero-order valence-corrected chi connectivity index (χ0v) is 17.8. The Hall–Kier alpha value is -4.03. The fraction of sp³-hybridized carbons (Fsp3) is 0.200. The van der Waals surface area contributed by atoms with Gasteiger partial charge in [0.25, 0.3) is 11.8 Å². The molecule has 0 unspecified atom stereocenters. The van der Waals surface area contributed by atoms with Crippen LogP contribution in [0.25, 0.3) is 0 Å². The highest BCUT2D eigenvalue weighted by Crippen LogP contribution is 2.25. The van der Waals surface area contributed by atoms with Gasteiger partial charge in [-0.05, 0) is 0 Å². The lowest BCUT2D eigenvalue weighted by Gasteiger charge is -2.44. The molecule has 1 aliphatic heterocycles. The standard InChI is InChI=1S/C15H16N8O8S2/c16-10(5-4-32-14(17)20-5)12(26)22-11-6(23(13(11)27)33(29,30)31)2-19-15(28)21-9-1-7(24)8(25)3-18-9/h1,3-4,6,11,16,25H,2H2,(H2,17,20)(H,22,26)(H,29,30,31)(H3,18,19,21,24,28)/t6-,11+/m1/s1. The number of thiazole rings is 1. The van der Waals surface area contributed by atoms with Crippen molar-refractivity contribution in [1.82, 2.24) is 24.9 Å². The predicted molar refractivity (Wildman–Crippen MR) is 112 cm³/mol. The van der Waals surface area contributed by atoms with Crippen LogP contribution < -0.4 is 21.7 Å². The third kappa shape index (κ3) is 5.07. The number of aromatic hydroxyl groups is 2. The summed E-state index contributed by atoms with van der Waals surface area (Å²) in [4.78, 5) is 43.9. The lowest BCUT2D eigenvalue weighted by molar-refractivity contribution is -0.144. The number of nitrogens with two attached hydrogens (primary N) is 1. The lowest BCUT2D eigenvalue weighted by atomic mass is 9.98. The number of nitrogens with zero attached hydrogens (tertiary/aromatic N) is 3. The number of nitrogen functional groups attached to an aromatic ring is 1. The normalized spacial score (nSPS) is 17.7. The molecule has 18 heteroatoms. The summed E-state index contributed by atoms with van der Waals surface area (Å²) >= 11 is 0.976. The molecule has 176 valence electrons. The van der Waals surface area contributed by atoms with Crippen molar-refractivity contribution in [1.29, 1.82) is 5.41 Å². The van der Waals surface area contributed by atoms with Crippen LogP contribution >= 0.6 is 11.3 Å². The minimum absolute atomic E-state index is 0.0628. The molecule has 0 spiro atoms. The summed E-state index contributed by atoms with van der Waals surface area (Å²) in [5, 5.41) is 34.5. The number of carbonyl (C=O) groups is 3. The van der Waals surface area contributed by atoms with Gasteiger partial charge in [0.1, 0.15) is 23.3 Å². The van der Waals surface area contributed by atoms with E-state index in [1.54, 1.807) is 0 Å². The fourth-order valence-electron chi connectivity index (χ4n) is 2.76. The maximum absolute atomic E-state index is 12.3. The van der Waals surface area contributed by atoms with Crippen LogP contribution in [0.4, 0.5) is 15.7 Å². The molecule has 2 atom stereocenters. The monoisotopic (exact) mass is 500 g/mol.